The fourth-order valence-corrected chi connectivity index (χ4v) is 4.09. The van der Waals surface area contributed by atoms with Gasteiger partial charge in [0.15, 0.2) is 0 Å². The molecule has 43 heavy (non-hydrogen) atoms. The van der Waals surface area contributed by atoms with E-state index in [0.717, 1.165) is 0 Å². The van der Waals surface area contributed by atoms with Gasteiger partial charge in [-0.2, -0.15) is 0 Å². The third-order valence-corrected chi connectivity index (χ3v) is 6.07. The third kappa shape index (κ3) is 7.94. The number of hydrogen-bond donors (Lipinski definition) is 3. The van der Waals surface area contributed by atoms with Crippen LogP contribution >= 0.6 is 0 Å². The van der Waals surface area contributed by atoms with Crippen LogP contribution in [-0.2, 0) is 0 Å². The Morgan fingerprint density at radius 3 is 1.28 bits per heavy atom. The van der Waals surface area contributed by atoms with Crippen molar-refractivity contribution in [2.24, 2.45) is 0 Å². The molecule has 0 bridgehead atoms. The summed E-state index contributed by atoms with van der Waals surface area (Å²) in [6.45, 7) is 0. The van der Waals surface area contributed by atoms with Gasteiger partial charge in [-0.25, -0.2) is 8.78 Å². The van der Waals surface area contributed by atoms with Crippen LogP contribution in [0, 0.1) is 35.3 Å². The Bertz CT molecular complexity index is 1840. The van der Waals surface area contributed by atoms with E-state index in [4.69, 9.17) is 5.73 Å². The van der Waals surface area contributed by atoms with E-state index in [2.05, 4.69) is 34.3 Å². The second-order valence-corrected chi connectivity index (χ2v) is 9.43. The number of nitrogen functional groups attached to an aromatic ring is 1. The summed E-state index contributed by atoms with van der Waals surface area (Å²) in [5, 5.41) is 5.59. The normalized spacial score (nSPS) is 10.0. The highest BCUT2D eigenvalue weighted by Crippen LogP contribution is 2.18. The Morgan fingerprint density at radius 1 is 0.512 bits per heavy atom. The summed E-state index contributed by atoms with van der Waals surface area (Å²) < 4.78 is 26.8. The molecule has 5 aromatic rings. The molecule has 5 nitrogen and oxygen atoms in total. The molecule has 4 N–H and O–H groups in total. The van der Waals surface area contributed by atoms with Gasteiger partial charge in [0, 0.05) is 50.4 Å². The highest BCUT2D eigenvalue weighted by molar-refractivity contribution is 6.09. The van der Waals surface area contributed by atoms with E-state index in [9.17, 15) is 18.4 Å². The molecule has 0 aromatic heterocycles. The molecule has 0 radical (unpaired) electrons. The molecule has 7 heteroatoms. The van der Waals surface area contributed by atoms with Gasteiger partial charge in [-0.15, -0.1) is 0 Å². The number of carbonyl (C=O) groups is 2. The van der Waals surface area contributed by atoms with Crippen molar-refractivity contribution >= 4 is 28.9 Å². The van der Waals surface area contributed by atoms with Gasteiger partial charge in [0.1, 0.15) is 11.6 Å². The number of amides is 2. The predicted octanol–water partition coefficient (Wildman–Crippen LogP) is 6.85. The number of hydrogen-bond acceptors (Lipinski definition) is 3. The van der Waals surface area contributed by atoms with E-state index in [1.54, 1.807) is 72.8 Å². The van der Waals surface area contributed by atoms with Crippen LogP contribution in [0.25, 0.3) is 0 Å². The van der Waals surface area contributed by atoms with Crippen molar-refractivity contribution in [1.82, 2.24) is 0 Å². The molecule has 0 unspecified atom stereocenters. The van der Waals surface area contributed by atoms with Gasteiger partial charge >= 0.3 is 0 Å². The first kappa shape index (κ1) is 28.4. The summed E-state index contributed by atoms with van der Waals surface area (Å²) in [7, 11) is 0. The molecule has 0 saturated heterocycles. The first-order valence-electron chi connectivity index (χ1n) is 13.1. The molecule has 5 aromatic carbocycles. The second kappa shape index (κ2) is 13.0. The minimum atomic E-state index is -0.466. The van der Waals surface area contributed by atoms with Crippen LogP contribution in [0.3, 0.4) is 0 Å². The molecule has 0 aliphatic carbocycles. The summed E-state index contributed by atoms with van der Waals surface area (Å²) in [6.07, 6.45) is 0. The van der Waals surface area contributed by atoms with E-state index in [1.807, 2.05) is 0 Å². The first-order chi connectivity index (χ1) is 20.8. The molecule has 0 spiro atoms. The second-order valence-electron chi connectivity index (χ2n) is 9.43. The average Bonchev–Trinajstić information content (AvgIpc) is 2.99. The molecule has 2 amide bonds. The van der Waals surface area contributed by atoms with E-state index < -0.39 is 11.8 Å². The standard InChI is InChI=1S/C36H23F2N3O2/c37-30-9-1-5-24(17-30)13-15-26-7-3-11-33(19-26)40-35(42)28-21-29(23-32(39)22-28)36(43)41-34-12-4-8-27(20-34)16-14-25-6-2-10-31(38)18-25/h1-12,17-23H,39H2,(H,40,42)(H,41,43). The summed E-state index contributed by atoms with van der Waals surface area (Å²) >= 11 is 0. The molecule has 0 fully saturated rings. The van der Waals surface area contributed by atoms with Crippen molar-refractivity contribution in [3.8, 4) is 23.7 Å². The van der Waals surface area contributed by atoms with Gasteiger partial charge in [0.25, 0.3) is 11.8 Å². The van der Waals surface area contributed by atoms with Gasteiger partial charge < -0.3 is 16.4 Å². The Morgan fingerprint density at radius 2 is 0.884 bits per heavy atom. The van der Waals surface area contributed by atoms with Crippen molar-refractivity contribution < 1.29 is 18.4 Å². The maximum Gasteiger partial charge on any atom is 0.255 e. The van der Waals surface area contributed by atoms with Crippen molar-refractivity contribution in [2.45, 2.75) is 0 Å². The molecule has 208 valence electrons. The van der Waals surface area contributed by atoms with Crippen molar-refractivity contribution in [1.29, 1.82) is 0 Å². The van der Waals surface area contributed by atoms with Crippen LogP contribution in [0.1, 0.15) is 43.0 Å². The lowest BCUT2D eigenvalue weighted by Gasteiger charge is -2.10. The minimum Gasteiger partial charge on any atom is -0.399 e. The molecule has 5 rings (SSSR count). The van der Waals surface area contributed by atoms with Gasteiger partial charge in [-0.3, -0.25) is 9.59 Å². The largest absolute Gasteiger partial charge is 0.399 e. The number of rotatable bonds is 4. The first-order valence-corrected chi connectivity index (χ1v) is 13.1. The third-order valence-electron chi connectivity index (χ3n) is 6.07. The number of carbonyl (C=O) groups excluding carboxylic acids is 2. The number of nitrogens with one attached hydrogen (secondary N) is 2. The molecule has 0 aliphatic heterocycles. The van der Waals surface area contributed by atoms with Crippen LogP contribution in [0.2, 0.25) is 0 Å². The lowest BCUT2D eigenvalue weighted by atomic mass is 10.1. The monoisotopic (exact) mass is 567 g/mol. The minimum absolute atomic E-state index is 0.191. The lowest BCUT2D eigenvalue weighted by Crippen LogP contribution is -2.16. The molecule has 0 aliphatic rings. The van der Waals surface area contributed by atoms with Crippen LogP contribution < -0.4 is 16.4 Å². The molecular weight excluding hydrogens is 544 g/mol. The zero-order valence-corrected chi connectivity index (χ0v) is 22.6. The van der Waals surface area contributed by atoms with E-state index >= 15 is 0 Å². The zero-order chi connectivity index (χ0) is 30.2. The Balaban J connectivity index is 1.28. The molecule has 0 heterocycles. The Hall–Kier alpha value is -6.18. The highest BCUT2D eigenvalue weighted by Gasteiger charge is 2.13. The summed E-state index contributed by atoms with van der Waals surface area (Å²) in [5.41, 5.74) is 9.93. The molecule has 0 saturated carbocycles. The van der Waals surface area contributed by atoms with Crippen LogP contribution in [0.4, 0.5) is 25.8 Å². The highest BCUT2D eigenvalue weighted by atomic mass is 19.1. The smallest absolute Gasteiger partial charge is 0.255 e. The van der Waals surface area contributed by atoms with Crippen LogP contribution in [-0.4, -0.2) is 11.8 Å². The number of nitrogens with two attached hydrogens (primary N) is 1. The van der Waals surface area contributed by atoms with E-state index in [0.29, 0.717) is 33.6 Å². The van der Waals surface area contributed by atoms with Crippen molar-refractivity contribution in [2.75, 3.05) is 16.4 Å². The number of halogens is 2. The van der Waals surface area contributed by atoms with E-state index in [-0.39, 0.29) is 28.4 Å². The summed E-state index contributed by atoms with van der Waals surface area (Å²) in [6, 6.07) is 30.1. The molecular formula is C36H23F2N3O2. The summed E-state index contributed by atoms with van der Waals surface area (Å²) in [4.78, 5) is 26.1. The topological polar surface area (TPSA) is 84.2 Å². The van der Waals surface area contributed by atoms with Crippen LogP contribution in [0.15, 0.2) is 115 Å². The Kier molecular flexibility index (Phi) is 8.57. The zero-order valence-electron chi connectivity index (χ0n) is 22.6. The fraction of sp³-hybridized carbons (Fsp3) is 0. The molecule has 0 atom stereocenters. The average molecular weight is 568 g/mol. The quantitative estimate of drug-likeness (QED) is 0.164. The predicted molar refractivity (Wildman–Crippen MR) is 164 cm³/mol. The van der Waals surface area contributed by atoms with Crippen LogP contribution in [0.5, 0.6) is 0 Å². The SMILES string of the molecule is Nc1cc(C(=O)Nc2cccc(C#Cc3cccc(F)c3)c2)cc(C(=O)Nc2cccc(C#Cc3cccc(F)c3)c2)c1. The summed E-state index contributed by atoms with van der Waals surface area (Å²) in [5.74, 6) is 10.0. The Labute approximate surface area is 247 Å². The van der Waals surface area contributed by atoms with E-state index in [1.165, 1.54) is 42.5 Å². The maximum atomic E-state index is 13.4. The number of anilines is 3. The van der Waals surface area contributed by atoms with Crippen molar-refractivity contribution in [3.63, 3.8) is 0 Å². The van der Waals surface area contributed by atoms with Gasteiger partial charge in [0.2, 0.25) is 0 Å². The van der Waals surface area contributed by atoms with Gasteiger partial charge in [-0.05, 0) is 91.0 Å². The lowest BCUT2D eigenvalue weighted by molar-refractivity contribution is 0.102. The van der Waals surface area contributed by atoms with Gasteiger partial charge in [-0.1, -0.05) is 47.9 Å². The fourth-order valence-electron chi connectivity index (χ4n) is 4.09. The van der Waals surface area contributed by atoms with Crippen molar-refractivity contribution in [3.05, 3.63) is 160 Å². The number of benzene rings is 5. The van der Waals surface area contributed by atoms with Gasteiger partial charge in [0.05, 0.1) is 0 Å². The maximum absolute atomic E-state index is 13.4.